The van der Waals surface area contributed by atoms with Crippen molar-refractivity contribution in [2.75, 3.05) is 18.6 Å². The van der Waals surface area contributed by atoms with Crippen LogP contribution in [0.2, 0.25) is 0 Å². The molecule has 126 valence electrons. The summed E-state index contributed by atoms with van der Waals surface area (Å²) in [5.74, 6) is -1.77. The predicted octanol–water partition coefficient (Wildman–Crippen LogP) is 0.0998. The molecule has 4 N–H and O–H groups in total. The molecule has 2 unspecified atom stereocenters. The Balaban J connectivity index is 2.76. The number of amides is 2. The minimum Gasteiger partial charge on any atom is -0.480 e. The van der Waals surface area contributed by atoms with Crippen molar-refractivity contribution >= 4 is 29.5 Å². The van der Waals surface area contributed by atoms with Crippen LogP contribution in [0.15, 0.2) is 30.3 Å². The number of aliphatic hydroxyl groups is 1. The van der Waals surface area contributed by atoms with Crippen molar-refractivity contribution in [3.63, 3.8) is 0 Å². The molecule has 0 saturated heterocycles. The molecule has 7 nitrogen and oxygen atoms in total. The Bertz CT molecular complexity index is 538. The Morgan fingerprint density at radius 2 is 1.78 bits per heavy atom. The molecule has 1 aromatic rings. The van der Waals surface area contributed by atoms with E-state index in [4.69, 9.17) is 10.2 Å². The lowest BCUT2D eigenvalue weighted by Gasteiger charge is -2.20. The summed E-state index contributed by atoms with van der Waals surface area (Å²) in [4.78, 5) is 35.2. The number of carbonyl (C=O) groups excluding carboxylic acids is 2. The molecule has 0 bridgehead atoms. The minimum atomic E-state index is -1.40. The van der Waals surface area contributed by atoms with Crippen molar-refractivity contribution in [2.45, 2.75) is 18.5 Å². The average molecular weight is 340 g/mol. The molecule has 1 aromatic carbocycles. The van der Waals surface area contributed by atoms with Crippen LogP contribution in [0.25, 0.3) is 0 Å². The molecule has 2 atom stereocenters. The van der Waals surface area contributed by atoms with Crippen molar-refractivity contribution in [3.05, 3.63) is 35.9 Å². The number of hydrogen-bond acceptors (Lipinski definition) is 5. The molecule has 23 heavy (non-hydrogen) atoms. The minimum absolute atomic E-state index is 0.351. The molecule has 0 spiro atoms. The van der Waals surface area contributed by atoms with Crippen molar-refractivity contribution in [1.82, 2.24) is 10.6 Å². The highest BCUT2D eigenvalue weighted by Crippen LogP contribution is 2.05. The number of carbonyl (C=O) groups is 3. The van der Waals surface area contributed by atoms with Crippen molar-refractivity contribution in [1.29, 1.82) is 0 Å². The van der Waals surface area contributed by atoms with Gasteiger partial charge in [0.05, 0.1) is 6.61 Å². The average Bonchev–Trinajstić information content (AvgIpc) is 2.56. The van der Waals surface area contributed by atoms with Gasteiger partial charge in [0.25, 0.3) is 5.91 Å². The van der Waals surface area contributed by atoms with E-state index >= 15 is 0 Å². The molecule has 0 aliphatic rings. The maximum absolute atomic E-state index is 12.2. The molecule has 2 amide bonds. The van der Waals surface area contributed by atoms with Crippen LogP contribution in [0.4, 0.5) is 0 Å². The van der Waals surface area contributed by atoms with Gasteiger partial charge in [-0.05, 0) is 30.6 Å². The standard InChI is InChI=1S/C15H20N2O5S/c1-23-8-7-11(14(20)17-12(9-18)15(21)22)16-13(19)10-5-3-2-4-6-10/h2-6,11-12,18H,7-9H2,1H3,(H,16,19)(H,17,20)(H,21,22). The Labute approximate surface area is 138 Å². The third kappa shape index (κ3) is 6.29. The number of aliphatic hydroxyl groups excluding tert-OH is 1. The van der Waals surface area contributed by atoms with E-state index in [0.717, 1.165) is 0 Å². The topological polar surface area (TPSA) is 116 Å². The Kier molecular flexibility index (Phi) is 8.14. The van der Waals surface area contributed by atoms with E-state index in [0.29, 0.717) is 17.7 Å². The molecule has 0 fully saturated rings. The Morgan fingerprint density at radius 3 is 2.30 bits per heavy atom. The molecule has 8 heteroatoms. The first-order valence-corrected chi connectivity index (χ1v) is 8.37. The number of carboxylic acids is 1. The SMILES string of the molecule is CSCCC(NC(=O)c1ccccc1)C(=O)NC(CO)C(=O)O. The fraction of sp³-hybridized carbons (Fsp3) is 0.400. The highest BCUT2D eigenvalue weighted by atomic mass is 32.2. The lowest BCUT2D eigenvalue weighted by Crippen LogP contribution is -2.52. The van der Waals surface area contributed by atoms with E-state index in [2.05, 4.69) is 10.6 Å². The Morgan fingerprint density at radius 1 is 1.13 bits per heavy atom. The molecule has 1 rings (SSSR count). The zero-order valence-corrected chi connectivity index (χ0v) is 13.5. The van der Waals surface area contributed by atoms with Gasteiger partial charge < -0.3 is 20.8 Å². The van der Waals surface area contributed by atoms with Crippen LogP contribution in [-0.4, -0.2) is 58.7 Å². The lowest BCUT2D eigenvalue weighted by atomic mass is 10.1. The van der Waals surface area contributed by atoms with Gasteiger partial charge in [-0.2, -0.15) is 11.8 Å². The van der Waals surface area contributed by atoms with E-state index in [-0.39, 0.29) is 0 Å². The van der Waals surface area contributed by atoms with Gasteiger partial charge in [-0.1, -0.05) is 18.2 Å². The highest BCUT2D eigenvalue weighted by molar-refractivity contribution is 7.98. The fourth-order valence-corrected chi connectivity index (χ4v) is 2.26. The highest BCUT2D eigenvalue weighted by Gasteiger charge is 2.26. The smallest absolute Gasteiger partial charge is 0.328 e. The quantitative estimate of drug-likeness (QED) is 0.507. The van der Waals surface area contributed by atoms with Gasteiger partial charge in [-0.15, -0.1) is 0 Å². The maximum Gasteiger partial charge on any atom is 0.328 e. The van der Waals surface area contributed by atoms with Gasteiger partial charge in [0.2, 0.25) is 5.91 Å². The van der Waals surface area contributed by atoms with Gasteiger partial charge in [-0.25, -0.2) is 4.79 Å². The number of aliphatic carboxylic acids is 1. The van der Waals surface area contributed by atoms with Crippen LogP contribution in [0, 0.1) is 0 Å². The zero-order valence-electron chi connectivity index (χ0n) is 12.7. The first kappa shape index (κ1) is 19.0. The molecule has 0 radical (unpaired) electrons. The number of thioether (sulfide) groups is 1. The molecule has 0 saturated carbocycles. The summed E-state index contributed by atoms with van der Waals surface area (Å²) in [5.41, 5.74) is 0.409. The normalized spacial score (nSPS) is 13.0. The third-order valence-corrected chi connectivity index (χ3v) is 3.71. The predicted molar refractivity (Wildman–Crippen MR) is 87.3 cm³/mol. The number of benzene rings is 1. The van der Waals surface area contributed by atoms with E-state index in [1.807, 2.05) is 6.26 Å². The third-order valence-electron chi connectivity index (χ3n) is 3.07. The fourth-order valence-electron chi connectivity index (χ4n) is 1.79. The second-order valence-electron chi connectivity index (χ2n) is 4.76. The lowest BCUT2D eigenvalue weighted by molar-refractivity contribution is -0.143. The zero-order chi connectivity index (χ0) is 17.2. The number of carboxylic acid groups (broad SMARTS) is 1. The van der Waals surface area contributed by atoms with Crippen molar-refractivity contribution < 1.29 is 24.6 Å². The van der Waals surface area contributed by atoms with Crippen molar-refractivity contribution in [2.24, 2.45) is 0 Å². The summed E-state index contributed by atoms with van der Waals surface area (Å²) in [6, 6.07) is 6.15. The van der Waals surface area contributed by atoms with Crippen LogP contribution in [0.3, 0.4) is 0 Å². The van der Waals surface area contributed by atoms with Crippen LogP contribution >= 0.6 is 11.8 Å². The Hall–Kier alpha value is -2.06. The van der Waals surface area contributed by atoms with Gasteiger partial charge in [0.1, 0.15) is 12.1 Å². The van der Waals surface area contributed by atoms with E-state index < -0.39 is 36.5 Å². The number of rotatable bonds is 9. The van der Waals surface area contributed by atoms with Gasteiger partial charge in [0, 0.05) is 5.56 Å². The van der Waals surface area contributed by atoms with Crippen LogP contribution < -0.4 is 10.6 Å². The first-order chi connectivity index (χ1) is 11.0. The number of hydrogen-bond donors (Lipinski definition) is 4. The summed E-state index contributed by atoms with van der Waals surface area (Å²) in [6.45, 7) is -0.719. The summed E-state index contributed by atoms with van der Waals surface area (Å²) >= 11 is 1.50. The van der Waals surface area contributed by atoms with Gasteiger partial charge >= 0.3 is 5.97 Å². The van der Waals surface area contributed by atoms with E-state index in [1.54, 1.807) is 30.3 Å². The largest absolute Gasteiger partial charge is 0.480 e. The first-order valence-electron chi connectivity index (χ1n) is 6.98. The van der Waals surface area contributed by atoms with Crippen molar-refractivity contribution in [3.8, 4) is 0 Å². The van der Waals surface area contributed by atoms with E-state index in [9.17, 15) is 14.4 Å². The molecule has 0 aliphatic heterocycles. The molecule has 0 heterocycles. The monoisotopic (exact) mass is 340 g/mol. The number of nitrogens with one attached hydrogen (secondary N) is 2. The molecular weight excluding hydrogens is 320 g/mol. The molecule has 0 aliphatic carbocycles. The van der Waals surface area contributed by atoms with Crippen LogP contribution in [-0.2, 0) is 9.59 Å². The summed E-state index contributed by atoms with van der Waals surface area (Å²) in [5, 5.41) is 22.7. The maximum atomic E-state index is 12.2. The van der Waals surface area contributed by atoms with E-state index in [1.165, 1.54) is 11.8 Å². The second-order valence-corrected chi connectivity index (χ2v) is 5.74. The van der Waals surface area contributed by atoms with Crippen LogP contribution in [0.1, 0.15) is 16.8 Å². The summed E-state index contributed by atoms with van der Waals surface area (Å²) < 4.78 is 0. The second kappa shape index (κ2) is 9.86. The van der Waals surface area contributed by atoms with Crippen LogP contribution in [0.5, 0.6) is 0 Å². The summed E-state index contributed by atoms with van der Waals surface area (Å²) in [7, 11) is 0. The molecule has 0 aromatic heterocycles. The molecular formula is C15H20N2O5S. The summed E-state index contributed by atoms with van der Waals surface area (Å²) in [6.07, 6.45) is 2.21. The van der Waals surface area contributed by atoms with Gasteiger partial charge in [-0.3, -0.25) is 9.59 Å². The van der Waals surface area contributed by atoms with Gasteiger partial charge in [0.15, 0.2) is 0 Å².